The minimum absolute atomic E-state index is 0.0864. The molecule has 25 heavy (non-hydrogen) atoms. The molecule has 1 heterocycles. The summed E-state index contributed by atoms with van der Waals surface area (Å²) in [6, 6.07) is 5.49. The summed E-state index contributed by atoms with van der Waals surface area (Å²) in [5.41, 5.74) is 0.557. The van der Waals surface area contributed by atoms with E-state index in [2.05, 4.69) is 10.3 Å². The molecular formula is C19H27N3O3. The molecule has 2 N–H and O–H groups in total. The molecule has 2 aromatic rings. The summed E-state index contributed by atoms with van der Waals surface area (Å²) < 4.78 is 1.45. The summed E-state index contributed by atoms with van der Waals surface area (Å²) in [6.07, 6.45) is 2.48. The van der Waals surface area contributed by atoms with Gasteiger partial charge in [0.2, 0.25) is 5.91 Å². The van der Waals surface area contributed by atoms with Gasteiger partial charge in [-0.1, -0.05) is 32.4 Å². The van der Waals surface area contributed by atoms with E-state index in [0.717, 1.165) is 12.0 Å². The number of benzene rings is 1. The first-order chi connectivity index (χ1) is 11.8. The van der Waals surface area contributed by atoms with Crippen LogP contribution in [0.5, 0.6) is 0 Å². The maximum Gasteiger partial charge on any atom is 0.261 e. The van der Waals surface area contributed by atoms with Gasteiger partial charge in [-0.15, -0.1) is 0 Å². The molecule has 6 heteroatoms. The van der Waals surface area contributed by atoms with Crippen molar-refractivity contribution >= 4 is 16.8 Å². The zero-order valence-electron chi connectivity index (χ0n) is 15.4. The Balaban J connectivity index is 2.00. The average molecular weight is 345 g/mol. The van der Waals surface area contributed by atoms with Gasteiger partial charge in [0, 0.05) is 19.5 Å². The van der Waals surface area contributed by atoms with Crippen molar-refractivity contribution in [1.82, 2.24) is 14.9 Å². The molecule has 0 radical (unpaired) electrons. The van der Waals surface area contributed by atoms with Crippen molar-refractivity contribution < 1.29 is 9.90 Å². The molecule has 2 rings (SSSR count). The molecule has 1 aromatic heterocycles. The Bertz CT molecular complexity index is 811. The summed E-state index contributed by atoms with van der Waals surface area (Å²) >= 11 is 0. The first-order valence-corrected chi connectivity index (χ1v) is 8.70. The Labute approximate surface area is 147 Å². The van der Waals surface area contributed by atoms with E-state index in [1.165, 1.54) is 10.9 Å². The van der Waals surface area contributed by atoms with Gasteiger partial charge in [-0.2, -0.15) is 0 Å². The van der Waals surface area contributed by atoms with Gasteiger partial charge in [0.25, 0.3) is 5.56 Å². The zero-order valence-corrected chi connectivity index (χ0v) is 15.4. The fraction of sp³-hybridized carbons (Fsp3) is 0.526. The van der Waals surface area contributed by atoms with E-state index < -0.39 is 5.60 Å². The van der Waals surface area contributed by atoms with E-state index in [9.17, 15) is 14.7 Å². The molecule has 1 amide bonds. The molecule has 136 valence electrons. The maximum absolute atomic E-state index is 12.5. The van der Waals surface area contributed by atoms with E-state index >= 15 is 0 Å². The third kappa shape index (κ3) is 4.45. The van der Waals surface area contributed by atoms with Gasteiger partial charge in [0.1, 0.15) is 0 Å². The van der Waals surface area contributed by atoms with E-state index in [1.54, 1.807) is 13.0 Å². The fourth-order valence-electron chi connectivity index (χ4n) is 2.70. The van der Waals surface area contributed by atoms with Crippen LogP contribution in [0.25, 0.3) is 10.9 Å². The normalized spacial score (nSPS) is 14.9. The van der Waals surface area contributed by atoms with Crippen molar-refractivity contribution in [1.29, 1.82) is 0 Å². The number of nitrogens with zero attached hydrogens (tertiary/aromatic N) is 2. The van der Waals surface area contributed by atoms with Gasteiger partial charge in [-0.25, -0.2) is 4.98 Å². The number of rotatable bonds is 7. The number of carbonyl (C=O) groups is 1. The number of amides is 1. The number of fused-ring (bicyclic) bond motifs is 1. The van der Waals surface area contributed by atoms with Crippen LogP contribution in [0.4, 0.5) is 0 Å². The van der Waals surface area contributed by atoms with Crippen molar-refractivity contribution in [2.75, 3.05) is 6.54 Å². The third-order valence-corrected chi connectivity index (χ3v) is 4.95. The molecule has 0 aliphatic rings. The Hall–Kier alpha value is -2.21. The largest absolute Gasteiger partial charge is 0.388 e. The lowest BCUT2D eigenvalue weighted by Crippen LogP contribution is -2.45. The molecule has 1 aromatic carbocycles. The second-order valence-corrected chi connectivity index (χ2v) is 6.91. The first-order valence-electron chi connectivity index (χ1n) is 8.70. The lowest BCUT2D eigenvalue weighted by Gasteiger charge is -2.29. The molecule has 0 saturated carbocycles. The van der Waals surface area contributed by atoms with Gasteiger partial charge in [0.15, 0.2) is 0 Å². The smallest absolute Gasteiger partial charge is 0.261 e. The molecule has 0 fully saturated rings. The molecule has 2 unspecified atom stereocenters. The highest BCUT2D eigenvalue weighted by molar-refractivity contribution is 5.80. The van der Waals surface area contributed by atoms with Gasteiger partial charge < -0.3 is 10.4 Å². The number of aryl methyl sites for hydroxylation is 2. The van der Waals surface area contributed by atoms with Gasteiger partial charge in [0.05, 0.1) is 22.8 Å². The lowest BCUT2D eigenvalue weighted by atomic mass is 9.88. The predicted octanol–water partition coefficient (Wildman–Crippen LogP) is 2.01. The van der Waals surface area contributed by atoms with Crippen LogP contribution in [0.2, 0.25) is 0 Å². The second kappa shape index (κ2) is 7.78. The number of carbonyl (C=O) groups excluding carboxylic acids is 1. The Morgan fingerprint density at radius 1 is 1.44 bits per heavy atom. The van der Waals surface area contributed by atoms with Gasteiger partial charge in [-0.3, -0.25) is 14.2 Å². The number of nitrogens with one attached hydrogen (secondary N) is 1. The van der Waals surface area contributed by atoms with Crippen LogP contribution < -0.4 is 10.9 Å². The van der Waals surface area contributed by atoms with Crippen molar-refractivity contribution in [3.8, 4) is 0 Å². The highest BCUT2D eigenvalue weighted by Gasteiger charge is 2.27. The molecule has 6 nitrogen and oxygen atoms in total. The number of aromatic nitrogens is 2. The highest BCUT2D eigenvalue weighted by atomic mass is 16.3. The third-order valence-electron chi connectivity index (χ3n) is 4.95. The molecular weight excluding hydrogens is 318 g/mol. The quantitative estimate of drug-likeness (QED) is 0.804. The molecule has 0 spiro atoms. The van der Waals surface area contributed by atoms with Crippen molar-refractivity contribution in [2.45, 2.75) is 52.7 Å². The van der Waals surface area contributed by atoms with E-state index in [0.29, 0.717) is 10.9 Å². The van der Waals surface area contributed by atoms with Crippen LogP contribution in [0.15, 0.2) is 29.3 Å². The SMILES string of the molecule is CCC(C)C(C)(O)CNC(=O)CCn1cnc2c(C)cccc2c1=O. The Morgan fingerprint density at radius 2 is 2.16 bits per heavy atom. The van der Waals surface area contributed by atoms with Crippen molar-refractivity contribution in [2.24, 2.45) is 5.92 Å². The molecule has 0 aliphatic carbocycles. The monoisotopic (exact) mass is 345 g/mol. The van der Waals surface area contributed by atoms with E-state index in [1.807, 2.05) is 32.9 Å². The minimum atomic E-state index is -0.941. The van der Waals surface area contributed by atoms with Crippen LogP contribution in [0, 0.1) is 12.8 Å². The summed E-state index contributed by atoms with van der Waals surface area (Å²) in [4.78, 5) is 28.9. The average Bonchev–Trinajstić information content (AvgIpc) is 2.59. The van der Waals surface area contributed by atoms with Crippen LogP contribution in [0.1, 0.15) is 39.2 Å². The van der Waals surface area contributed by atoms with Crippen LogP contribution in [-0.2, 0) is 11.3 Å². The Kier molecular flexibility index (Phi) is 5.95. The fourth-order valence-corrected chi connectivity index (χ4v) is 2.70. The van der Waals surface area contributed by atoms with Gasteiger partial charge in [-0.05, 0) is 31.4 Å². The molecule has 0 bridgehead atoms. The zero-order chi connectivity index (χ0) is 18.6. The lowest BCUT2D eigenvalue weighted by molar-refractivity contribution is -0.123. The maximum atomic E-state index is 12.5. The summed E-state index contributed by atoms with van der Waals surface area (Å²) in [5.74, 6) is -0.108. The first kappa shape index (κ1) is 19.1. The number of para-hydroxylation sites is 1. The summed E-state index contributed by atoms with van der Waals surface area (Å²) in [7, 11) is 0. The van der Waals surface area contributed by atoms with Gasteiger partial charge >= 0.3 is 0 Å². The highest BCUT2D eigenvalue weighted by Crippen LogP contribution is 2.18. The van der Waals surface area contributed by atoms with Crippen molar-refractivity contribution in [3.63, 3.8) is 0 Å². The predicted molar refractivity (Wildman–Crippen MR) is 98.4 cm³/mol. The topological polar surface area (TPSA) is 84.2 Å². The minimum Gasteiger partial charge on any atom is -0.388 e. The summed E-state index contributed by atoms with van der Waals surface area (Å²) in [6.45, 7) is 8.05. The van der Waals surface area contributed by atoms with Crippen LogP contribution in [-0.4, -0.2) is 32.7 Å². The van der Waals surface area contributed by atoms with Crippen LogP contribution in [0.3, 0.4) is 0 Å². The molecule has 0 aliphatic heterocycles. The summed E-state index contributed by atoms with van der Waals surface area (Å²) in [5, 5.41) is 13.6. The van der Waals surface area contributed by atoms with Crippen LogP contribution >= 0.6 is 0 Å². The molecule has 0 saturated heterocycles. The van der Waals surface area contributed by atoms with E-state index in [-0.39, 0.29) is 36.9 Å². The standard InChI is InChI=1S/C19H27N3O3/c1-5-14(3)19(4,25)11-20-16(23)9-10-22-12-21-17-13(2)7-6-8-15(17)18(22)24/h6-8,12,14,25H,5,9-11H2,1-4H3,(H,20,23). The van der Waals surface area contributed by atoms with Crippen molar-refractivity contribution in [3.05, 3.63) is 40.4 Å². The number of hydrogen-bond acceptors (Lipinski definition) is 4. The number of aliphatic hydroxyl groups is 1. The second-order valence-electron chi connectivity index (χ2n) is 6.91. The molecule has 2 atom stereocenters. The number of hydrogen-bond donors (Lipinski definition) is 2. The Morgan fingerprint density at radius 3 is 2.84 bits per heavy atom. The van der Waals surface area contributed by atoms with E-state index in [4.69, 9.17) is 0 Å².